The normalized spacial score (nSPS) is 14.1. The van der Waals surface area contributed by atoms with Crippen molar-refractivity contribution in [1.82, 2.24) is 4.90 Å². The fourth-order valence-corrected chi connectivity index (χ4v) is 3.53. The Balaban J connectivity index is 1.66. The Morgan fingerprint density at radius 1 is 1.11 bits per heavy atom. The molecule has 1 aliphatic rings. The molecule has 1 aliphatic heterocycles. The summed E-state index contributed by atoms with van der Waals surface area (Å²) in [6.45, 7) is 2.52. The summed E-state index contributed by atoms with van der Waals surface area (Å²) in [5, 5.41) is 10.8. The third kappa shape index (κ3) is 4.16. The van der Waals surface area contributed by atoms with Crippen molar-refractivity contribution in [3.8, 4) is 5.75 Å². The van der Waals surface area contributed by atoms with E-state index in [1.165, 1.54) is 12.1 Å². The number of nitro benzene ring substituents is 1. The van der Waals surface area contributed by atoms with E-state index in [0.717, 1.165) is 10.6 Å². The van der Waals surface area contributed by atoms with Crippen LogP contribution >= 0.6 is 11.8 Å². The quantitative estimate of drug-likeness (QED) is 0.445. The number of hydrogen-bond acceptors (Lipinski definition) is 6. The van der Waals surface area contributed by atoms with Crippen LogP contribution in [0.1, 0.15) is 10.4 Å². The number of piperazine rings is 1. The number of thioether (sulfide) groups is 1. The van der Waals surface area contributed by atoms with Crippen LogP contribution in [0.3, 0.4) is 0 Å². The van der Waals surface area contributed by atoms with Gasteiger partial charge in [-0.1, -0.05) is 0 Å². The van der Waals surface area contributed by atoms with Gasteiger partial charge >= 0.3 is 0 Å². The highest BCUT2D eigenvalue weighted by molar-refractivity contribution is 7.98. The van der Waals surface area contributed by atoms with Crippen LogP contribution in [0.2, 0.25) is 0 Å². The van der Waals surface area contributed by atoms with Crippen molar-refractivity contribution in [1.29, 1.82) is 0 Å². The van der Waals surface area contributed by atoms with Gasteiger partial charge in [0.2, 0.25) is 0 Å². The van der Waals surface area contributed by atoms with Gasteiger partial charge in [-0.2, -0.15) is 0 Å². The van der Waals surface area contributed by atoms with Gasteiger partial charge in [0.25, 0.3) is 11.6 Å². The number of anilines is 1. The van der Waals surface area contributed by atoms with Gasteiger partial charge in [-0.25, -0.2) is 0 Å². The number of rotatable bonds is 5. The van der Waals surface area contributed by atoms with Gasteiger partial charge in [0, 0.05) is 48.9 Å². The average molecular weight is 387 g/mol. The molecular formula is C19H21N3O4S. The van der Waals surface area contributed by atoms with E-state index in [4.69, 9.17) is 4.74 Å². The van der Waals surface area contributed by atoms with E-state index < -0.39 is 4.92 Å². The highest BCUT2D eigenvalue weighted by Crippen LogP contribution is 2.27. The maximum Gasteiger partial charge on any atom is 0.269 e. The Bertz CT molecular complexity index is 833. The number of nitro groups is 1. The third-order valence-corrected chi connectivity index (χ3v) is 5.36. The molecular weight excluding hydrogens is 366 g/mol. The van der Waals surface area contributed by atoms with Crippen molar-refractivity contribution in [3.63, 3.8) is 0 Å². The minimum absolute atomic E-state index is 0.0390. The Kier molecular flexibility index (Phi) is 5.85. The van der Waals surface area contributed by atoms with Gasteiger partial charge < -0.3 is 14.5 Å². The molecule has 2 aromatic carbocycles. The molecule has 142 valence electrons. The largest absolute Gasteiger partial charge is 0.496 e. The molecule has 2 aromatic rings. The zero-order valence-electron chi connectivity index (χ0n) is 15.3. The van der Waals surface area contributed by atoms with Crippen LogP contribution < -0.4 is 9.64 Å². The molecule has 0 aromatic heterocycles. The van der Waals surface area contributed by atoms with Crippen molar-refractivity contribution in [2.24, 2.45) is 0 Å². The zero-order valence-corrected chi connectivity index (χ0v) is 16.1. The number of carbonyl (C=O) groups is 1. The molecule has 0 bridgehead atoms. The first kappa shape index (κ1) is 19.0. The Labute approximate surface area is 162 Å². The van der Waals surface area contributed by atoms with Crippen molar-refractivity contribution >= 4 is 29.0 Å². The van der Waals surface area contributed by atoms with Gasteiger partial charge in [0.1, 0.15) is 5.75 Å². The summed E-state index contributed by atoms with van der Waals surface area (Å²) in [6.07, 6.45) is 1.98. The van der Waals surface area contributed by atoms with Crippen LogP contribution in [0.5, 0.6) is 5.75 Å². The van der Waals surface area contributed by atoms with Crippen LogP contribution in [0.4, 0.5) is 11.4 Å². The SMILES string of the molecule is COc1cc(SC)ccc1C(=O)N1CCN(c2ccc([N+](=O)[O-])cc2)CC1. The smallest absolute Gasteiger partial charge is 0.269 e. The standard InChI is InChI=1S/C19H21N3O4S/c1-26-18-13-16(27-2)7-8-17(18)19(23)21-11-9-20(10-12-21)14-3-5-15(6-4-14)22(24)25/h3-8,13H,9-12H2,1-2H3. The molecule has 27 heavy (non-hydrogen) atoms. The molecule has 1 fully saturated rings. The molecule has 1 heterocycles. The summed E-state index contributed by atoms with van der Waals surface area (Å²) < 4.78 is 5.39. The lowest BCUT2D eigenvalue weighted by Crippen LogP contribution is -2.48. The second-order valence-electron chi connectivity index (χ2n) is 6.12. The van der Waals surface area contributed by atoms with Crippen LogP contribution in [0.15, 0.2) is 47.4 Å². The van der Waals surface area contributed by atoms with E-state index in [1.54, 1.807) is 31.0 Å². The van der Waals surface area contributed by atoms with E-state index in [-0.39, 0.29) is 11.6 Å². The van der Waals surface area contributed by atoms with Crippen molar-refractivity contribution in [2.45, 2.75) is 4.90 Å². The number of nitrogens with zero attached hydrogens (tertiary/aromatic N) is 3. The number of amides is 1. The molecule has 8 heteroatoms. The van der Waals surface area contributed by atoms with E-state index in [0.29, 0.717) is 37.5 Å². The first-order chi connectivity index (χ1) is 13.0. The average Bonchev–Trinajstić information content (AvgIpc) is 2.73. The lowest BCUT2D eigenvalue weighted by Gasteiger charge is -2.36. The lowest BCUT2D eigenvalue weighted by atomic mass is 10.1. The van der Waals surface area contributed by atoms with E-state index >= 15 is 0 Å². The second-order valence-corrected chi connectivity index (χ2v) is 7.00. The zero-order chi connectivity index (χ0) is 19.4. The van der Waals surface area contributed by atoms with Crippen molar-refractivity contribution in [3.05, 3.63) is 58.1 Å². The van der Waals surface area contributed by atoms with Crippen molar-refractivity contribution in [2.75, 3.05) is 44.4 Å². The van der Waals surface area contributed by atoms with Crippen LogP contribution in [-0.2, 0) is 0 Å². The highest BCUT2D eigenvalue weighted by atomic mass is 32.2. The van der Waals surface area contributed by atoms with Crippen LogP contribution in [0, 0.1) is 10.1 Å². The maximum atomic E-state index is 12.9. The predicted octanol–water partition coefficient (Wildman–Crippen LogP) is 3.29. The summed E-state index contributed by atoms with van der Waals surface area (Å²) in [4.78, 5) is 28.2. The summed E-state index contributed by atoms with van der Waals surface area (Å²) in [5.74, 6) is 0.549. The molecule has 0 aliphatic carbocycles. The third-order valence-electron chi connectivity index (χ3n) is 4.63. The Hall–Kier alpha value is -2.74. The molecule has 3 rings (SSSR count). The molecule has 0 atom stereocenters. The topological polar surface area (TPSA) is 75.9 Å². The van der Waals surface area contributed by atoms with Gasteiger partial charge in [-0.05, 0) is 36.6 Å². The van der Waals surface area contributed by atoms with E-state index in [1.807, 2.05) is 29.4 Å². The summed E-state index contributed by atoms with van der Waals surface area (Å²) >= 11 is 1.60. The molecule has 0 N–H and O–H groups in total. The number of non-ortho nitro benzene ring substituents is 1. The number of ether oxygens (including phenoxy) is 1. The van der Waals surface area contributed by atoms with E-state index in [9.17, 15) is 14.9 Å². The maximum absolute atomic E-state index is 12.9. The molecule has 0 saturated carbocycles. The minimum atomic E-state index is -0.407. The molecule has 1 amide bonds. The van der Waals surface area contributed by atoms with Crippen LogP contribution in [0.25, 0.3) is 0 Å². The first-order valence-corrected chi connectivity index (χ1v) is 9.76. The number of methoxy groups -OCH3 is 1. The number of hydrogen-bond donors (Lipinski definition) is 0. The Morgan fingerprint density at radius 3 is 2.33 bits per heavy atom. The molecule has 7 nitrogen and oxygen atoms in total. The second kappa shape index (κ2) is 8.30. The van der Waals surface area contributed by atoms with Gasteiger partial charge in [0.15, 0.2) is 0 Å². The highest BCUT2D eigenvalue weighted by Gasteiger charge is 2.24. The number of benzene rings is 2. The molecule has 1 saturated heterocycles. The monoisotopic (exact) mass is 387 g/mol. The van der Waals surface area contributed by atoms with Gasteiger partial charge in [0.05, 0.1) is 17.6 Å². The predicted molar refractivity (Wildman–Crippen MR) is 106 cm³/mol. The fourth-order valence-electron chi connectivity index (χ4n) is 3.10. The number of carbonyl (C=O) groups excluding carboxylic acids is 1. The minimum Gasteiger partial charge on any atom is -0.496 e. The summed E-state index contributed by atoms with van der Waals surface area (Å²) in [6, 6.07) is 12.1. The van der Waals surface area contributed by atoms with Gasteiger partial charge in [-0.3, -0.25) is 14.9 Å². The van der Waals surface area contributed by atoms with Crippen LogP contribution in [-0.4, -0.2) is 55.3 Å². The lowest BCUT2D eigenvalue weighted by molar-refractivity contribution is -0.384. The Morgan fingerprint density at radius 2 is 1.78 bits per heavy atom. The molecule has 0 spiro atoms. The van der Waals surface area contributed by atoms with Gasteiger partial charge in [-0.15, -0.1) is 11.8 Å². The summed E-state index contributed by atoms with van der Waals surface area (Å²) in [7, 11) is 1.57. The van der Waals surface area contributed by atoms with Crippen molar-refractivity contribution < 1.29 is 14.5 Å². The summed E-state index contributed by atoms with van der Waals surface area (Å²) in [5.41, 5.74) is 1.57. The molecule has 0 unspecified atom stereocenters. The van der Waals surface area contributed by atoms with E-state index in [2.05, 4.69) is 4.90 Å². The first-order valence-electron chi connectivity index (χ1n) is 8.54. The molecule has 0 radical (unpaired) electrons. The fraction of sp³-hybridized carbons (Fsp3) is 0.316.